The summed E-state index contributed by atoms with van der Waals surface area (Å²) < 4.78 is 0. The second-order valence-electron chi connectivity index (χ2n) is 1.94. The molecule has 74 valence electrons. The Balaban J connectivity index is 0.000000146. The number of hydrogen-bond acceptors (Lipinski definition) is 7. The SMILES string of the molecule is Nc1nccs1.O=[N+]([O-])c1nccs1. The molecular weight excluding hydrogens is 224 g/mol. The van der Waals surface area contributed by atoms with Crippen LogP contribution in [-0.2, 0) is 0 Å². The van der Waals surface area contributed by atoms with Gasteiger partial charge in [-0.1, -0.05) is 0 Å². The van der Waals surface area contributed by atoms with Gasteiger partial charge in [0.2, 0.25) is 0 Å². The highest BCUT2D eigenvalue weighted by Gasteiger charge is 2.04. The molecule has 0 unspecified atom stereocenters. The van der Waals surface area contributed by atoms with Gasteiger partial charge in [0.25, 0.3) is 0 Å². The maximum Gasteiger partial charge on any atom is 0.423 e. The number of rotatable bonds is 1. The molecule has 6 nitrogen and oxygen atoms in total. The van der Waals surface area contributed by atoms with Gasteiger partial charge < -0.3 is 15.8 Å². The highest BCUT2D eigenvalue weighted by molar-refractivity contribution is 7.13. The second kappa shape index (κ2) is 5.25. The first-order chi connectivity index (χ1) is 6.70. The van der Waals surface area contributed by atoms with E-state index in [-0.39, 0.29) is 5.13 Å². The summed E-state index contributed by atoms with van der Waals surface area (Å²) >= 11 is 2.47. The number of nitrogens with two attached hydrogens (primary N) is 1. The molecule has 0 atom stereocenters. The van der Waals surface area contributed by atoms with Crippen molar-refractivity contribution >= 4 is 32.9 Å². The summed E-state index contributed by atoms with van der Waals surface area (Å²) in [6.45, 7) is 0. The lowest BCUT2D eigenvalue weighted by Gasteiger charge is -1.80. The third-order valence-electron chi connectivity index (χ3n) is 1.03. The van der Waals surface area contributed by atoms with E-state index in [0.29, 0.717) is 5.13 Å². The van der Waals surface area contributed by atoms with Crippen molar-refractivity contribution in [3.63, 3.8) is 0 Å². The second-order valence-corrected chi connectivity index (χ2v) is 3.74. The van der Waals surface area contributed by atoms with Gasteiger partial charge >= 0.3 is 5.13 Å². The highest BCUT2D eigenvalue weighted by atomic mass is 32.1. The molecular formula is C6H6N4O2S2. The van der Waals surface area contributed by atoms with Crippen molar-refractivity contribution in [3.05, 3.63) is 33.3 Å². The number of aromatic nitrogens is 2. The average Bonchev–Trinajstić information content (AvgIpc) is 2.75. The van der Waals surface area contributed by atoms with Crippen LogP contribution >= 0.6 is 22.7 Å². The van der Waals surface area contributed by atoms with Gasteiger partial charge in [-0.3, -0.25) is 0 Å². The van der Waals surface area contributed by atoms with E-state index >= 15 is 0 Å². The summed E-state index contributed by atoms with van der Waals surface area (Å²) in [7, 11) is 0. The predicted octanol–water partition coefficient (Wildman–Crippen LogP) is 1.78. The molecule has 14 heavy (non-hydrogen) atoms. The minimum Gasteiger partial charge on any atom is -0.375 e. The third kappa shape index (κ3) is 3.46. The lowest BCUT2D eigenvalue weighted by molar-refractivity contribution is -0.384. The minimum absolute atomic E-state index is 0.0509. The van der Waals surface area contributed by atoms with Crippen LogP contribution in [0.15, 0.2) is 23.2 Å². The van der Waals surface area contributed by atoms with Gasteiger partial charge in [-0.25, -0.2) is 4.98 Å². The number of anilines is 1. The first-order valence-corrected chi connectivity index (χ1v) is 5.15. The van der Waals surface area contributed by atoms with Gasteiger partial charge in [-0.2, -0.15) is 0 Å². The van der Waals surface area contributed by atoms with E-state index in [9.17, 15) is 10.1 Å². The van der Waals surface area contributed by atoms with Crippen LogP contribution < -0.4 is 5.73 Å². The van der Waals surface area contributed by atoms with Gasteiger partial charge in [0.1, 0.15) is 0 Å². The Labute approximate surface area is 87.2 Å². The molecule has 0 spiro atoms. The summed E-state index contributed by atoms with van der Waals surface area (Å²) in [6, 6.07) is 0. The van der Waals surface area contributed by atoms with E-state index in [1.807, 2.05) is 5.38 Å². The average molecular weight is 230 g/mol. The summed E-state index contributed by atoms with van der Waals surface area (Å²) in [5, 5.41) is 13.8. The fourth-order valence-electron chi connectivity index (χ4n) is 0.541. The summed E-state index contributed by atoms with van der Waals surface area (Å²) in [6.07, 6.45) is 3.09. The van der Waals surface area contributed by atoms with Crippen LogP contribution in [-0.4, -0.2) is 14.9 Å². The largest absolute Gasteiger partial charge is 0.423 e. The zero-order valence-corrected chi connectivity index (χ0v) is 8.49. The molecule has 0 aromatic carbocycles. The van der Waals surface area contributed by atoms with E-state index in [2.05, 4.69) is 9.97 Å². The van der Waals surface area contributed by atoms with Crippen molar-refractivity contribution in [1.82, 2.24) is 9.97 Å². The molecule has 0 aliphatic carbocycles. The quantitative estimate of drug-likeness (QED) is 0.595. The summed E-state index contributed by atoms with van der Waals surface area (Å²) in [5.74, 6) is 0. The first-order valence-electron chi connectivity index (χ1n) is 3.39. The molecule has 0 aliphatic rings. The molecule has 0 bridgehead atoms. The highest BCUT2D eigenvalue weighted by Crippen LogP contribution is 2.12. The van der Waals surface area contributed by atoms with E-state index in [0.717, 1.165) is 11.3 Å². The van der Waals surface area contributed by atoms with Crippen LogP contribution in [0.1, 0.15) is 0 Å². The standard InChI is InChI=1S/C3H2N2O2S.C3H4N2S/c6-5(7)3-4-1-2-8-3;4-3-5-1-2-6-3/h1-2H;1-2H,(H2,4,5). The van der Waals surface area contributed by atoms with E-state index in [1.165, 1.54) is 17.5 Å². The zero-order valence-electron chi connectivity index (χ0n) is 6.86. The van der Waals surface area contributed by atoms with E-state index < -0.39 is 4.92 Å². The van der Waals surface area contributed by atoms with Crippen molar-refractivity contribution in [2.45, 2.75) is 0 Å². The Morgan fingerprint density at radius 2 is 1.93 bits per heavy atom. The fourth-order valence-corrected chi connectivity index (χ4v) is 1.37. The van der Waals surface area contributed by atoms with Crippen LogP contribution in [0.5, 0.6) is 0 Å². The number of hydrogen-bond donors (Lipinski definition) is 1. The third-order valence-corrected chi connectivity index (χ3v) is 2.35. The molecule has 8 heteroatoms. The van der Waals surface area contributed by atoms with Gasteiger partial charge in [0.05, 0.1) is 0 Å². The van der Waals surface area contributed by atoms with Crippen LogP contribution in [0.3, 0.4) is 0 Å². The van der Waals surface area contributed by atoms with E-state index in [1.54, 1.807) is 11.6 Å². The predicted molar refractivity (Wildman–Crippen MR) is 55.3 cm³/mol. The topological polar surface area (TPSA) is 94.9 Å². The van der Waals surface area contributed by atoms with Gasteiger partial charge in [0.15, 0.2) is 11.3 Å². The Bertz CT molecular complexity index is 372. The molecule has 0 saturated carbocycles. The van der Waals surface area contributed by atoms with E-state index in [4.69, 9.17) is 5.73 Å². The molecule has 2 N–H and O–H groups in total. The maximum atomic E-state index is 9.82. The molecule has 2 aromatic rings. The van der Waals surface area contributed by atoms with Crippen LogP contribution in [0.25, 0.3) is 0 Å². The Morgan fingerprint density at radius 3 is 2.14 bits per heavy atom. The monoisotopic (exact) mass is 230 g/mol. The molecule has 2 rings (SSSR count). The zero-order chi connectivity index (χ0) is 10.4. The Hall–Kier alpha value is -1.54. The van der Waals surface area contributed by atoms with Crippen molar-refractivity contribution in [1.29, 1.82) is 0 Å². The van der Waals surface area contributed by atoms with Crippen LogP contribution in [0.4, 0.5) is 10.3 Å². The minimum atomic E-state index is -0.509. The Morgan fingerprint density at radius 1 is 1.29 bits per heavy atom. The first kappa shape index (κ1) is 10.5. The molecule has 2 heterocycles. The van der Waals surface area contributed by atoms with Crippen molar-refractivity contribution in [2.75, 3.05) is 5.73 Å². The smallest absolute Gasteiger partial charge is 0.375 e. The molecule has 0 radical (unpaired) electrons. The summed E-state index contributed by atoms with van der Waals surface area (Å²) in [4.78, 5) is 16.5. The summed E-state index contributed by atoms with van der Waals surface area (Å²) in [5.41, 5.74) is 5.19. The molecule has 0 aliphatic heterocycles. The van der Waals surface area contributed by atoms with Crippen molar-refractivity contribution in [2.24, 2.45) is 0 Å². The van der Waals surface area contributed by atoms with Gasteiger partial charge in [0, 0.05) is 17.0 Å². The molecule has 0 fully saturated rings. The molecule has 0 saturated heterocycles. The van der Waals surface area contributed by atoms with Gasteiger partial charge in [-0.15, -0.1) is 11.3 Å². The number of nitrogens with zero attached hydrogens (tertiary/aromatic N) is 3. The molecule has 0 amide bonds. The Kier molecular flexibility index (Phi) is 3.95. The van der Waals surface area contributed by atoms with Crippen molar-refractivity contribution < 1.29 is 4.92 Å². The number of thiazole rings is 2. The normalized spacial score (nSPS) is 8.86. The fraction of sp³-hybridized carbons (Fsp3) is 0. The lowest BCUT2D eigenvalue weighted by atomic mass is 11.0. The maximum absolute atomic E-state index is 9.82. The number of nitrogen functional groups attached to an aromatic ring is 1. The van der Waals surface area contributed by atoms with Gasteiger partial charge in [-0.05, 0) is 21.2 Å². The number of nitro groups is 1. The van der Waals surface area contributed by atoms with Crippen molar-refractivity contribution in [3.8, 4) is 0 Å². The van der Waals surface area contributed by atoms with Crippen LogP contribution in [0.2, 0.25) is 0 Å². The lowest BCUT2D eigenvalue weighted by Crippen LogP contribution is -1.83. The van der Waals surface area contributed by atoms with Crippen LogP contribution in [0, 0.1) is 10.1 Å². The molecule has 2 aromatic heterocycles.